The summed E-state index contributed by atoms with van der Waals surface area (Å²) < 4.78 is 2.98. The van der Waals surface area contributed by atoms with E-state index in [1.54, 1.807) is 0 Å². The van der Waals surface area contributed by atoms with Crippen molar-refractivity contribution in [3.8, 4) is 0 Å². The van der Waals surface area contributed by atoms with E-state index >= 15 is 0 Å². The molecule has 1 saturated heterocycles. The molecule has 1 amide bonds. The van der Waals surface area contributed by atoms with Gasteiger partial charge in [-0.15, -0.1) is 0 Å². The topological polar surface area (TPSA) is 25.2 Å². The van der Waals surface area contributed by atoms with Crippen molar-refractivity contribution in [2.75, 3.05) is 0 Å². The van der Waals surface area contributed by atoms with Gasteiger partial charge in [0.25, 0.3) is 5.91 Å². The number of benzene rings is 2. The molecular formula is C25H24N2OS2. The highest BCUT2D eigenvalue weighted by Gasteiger charge is 2.37. The zero-order chi connectivity index (χ0) is 20.5. The van der Waals surface area contributed by atoms with Crippen molar-refractivity contribution in [2.24, 2.45) is 0 Å². The molecule has 5 rings (SSSR count). The van der Waals surface area contributed by atoms with Crippen LogP contribution in [0, 0.1) is 0 Å². The summed E-state index contributed by atoms with van der Waals surface area (Å²) in [7, 11) is 0. The summed E-state index contributed by atoms with van der Waals surface area (Å²) in [4.78, 5) is 15.8. The van der Waals surface area contributed by atoms with Gasteiger partial charge in [0.1, 0.15) is 4.32 Å². The van der Waals surface area contributed by atoms with Gasteiger partial charge in [-0.3, -0.25) is 9.69 Å². The quantitative estimate of drug-likeness (QED) is 0.361. The highest BCUT2D eigenvalue weighted by Crippen LogP contribution is 2.38. The molecular weight excluding hydrogens is 408 g/mol. The van der Waals surface area contributed by atoms with Crippen LogP contribution in [0.2, 0.25) is 0 Å². The standard InChI is InChI=1S/C25H24N2OS2/c28-24-23(30-25(29)27(24)20-11-5-2-6-12-20)15-19-17-26(16-18-9-3-1-4-10-18)22-14-8-7-13-21(19)22/h1,3-4,7-10,13-15,17,20H,2,5-6,11-12,16H2/b23-15+. The normalized spacial score (nSPS) is 19.3. The first-order valence-electron chi connectivity index (χ1n) is 10.6. The SMILES string of the molecule is O=C1/C(=C\c2cn(Cc3ccccc3)c3ccccc23)SC(=S)N1C1CCCCC1. The van der Waals surface area contributed by atoms with E-state index < -0.39 is 0 Å². The molecule has 0 radical (unpaired) electrons. The molecule has 152 valence electrons. The van der Waals surface area contributed by atoms with Crippen molar-refractivity contribution >= 4 is 51.2 Å². The molecule has 2 aromatic carbocycles. The first-order valence-corrected chi connectivity index (χ1v) is 11.8. The Labute approximate surface area is 186 Å². The first-order chi connectivity index (χ1) is 14.7. The van der Waals surface area contributed by atoms with E-state index in [1.165, 1.54) is 42.1 Å². The molecule has 2 fully saturated rings. The fourth-order valence-electron chi connectivity index (χ4n) is 4.58. The Morgan fingerprint density at radius 1 is 1.00 bits per heavy atom. The number of para-hydroxylation sites is 1. The highest BCUT2D eigenvalue weighted by atomic mass is 32.2. The first kappa shape index (κ1) is 19.6. The van der Waals surface area contributed by atoms with Crippen molar-refractivity contribution in [1.29, 1.82) is 0 Å². The monoisotopic (exact) mass is 432 g/mol. The van der Waals surface area contributed by atoms with E-state index in [4.69, 9.17) is 12.2 Å². The summed E-state index contributed by atoms with van der Waals surface area (Å²) in [6.45, 7) is 0.804. The fourth-order valence-corrected chi connectivity index (χ4v) is 5.97. The molecule has 1 aliphatic heterocycles. The molecule has 30 heavy (non-hydrogen) atoms. The minimum absolute atomic E-state index is 0.0804. The largest absolute Gasteiger partial charge is 0.342 e. The minimum atomic E-state index is 0.0804. The summed E-state index contributed by atoms with van der Waals surface area (Å²) in [5.41, 5.74) is 3.51. The number of amides is 1. The Hall–Kier alpha value is -2.37. The van der Waals surface area contributed by atoms with Gasteiger partial charge in [0.2, 0.25) is 0 Å². The Kier molecular flexibility index (Phi) is 5.48. The maximum Gasteiger partial charge on any atom is 0.266 e. The Morgan fingerprint density at radius 2 is 1.73 bits per heavy atom. The maximum absolute atomic E-state index is 13.2. The molecule has 3 aromatic rings. The number of carbonyl (C=O) groups excluding carboxylic acids is 1. The molecule has 2 aliphatic rings. The zero-order valence-electron chi connectivity index (χ0n) is 16.8. The predicted molar refractivity (Wildman–Crippen MR) is 129 cm³/mol. The van der Waals surface area contributed by atoms with E-state index in [0.717, 1.165) is 35.2 Å². The molecule has 1 saturated carbocycles. The summed E-state index contributed by atoms with van der Waals surface area (Å²) in [6, 6.07) is 19.1. The molecule has 2 heterocycles. The lowest BCUT2D eigenvalue weighted by Crippen LogP contribution is -2.39. The van der Waals surface area contributed by atoms with Crippen molar-refractivity contribution < 1.29 is 4.79 Å². The second-order valence-electron chi connectivity index (χ2n) is 8.06. The van der Waals surface area contributed by atoms with Gasteiger partial charge >= 0.3 is 0 Å². The summed E-state index contributed by atoms with van der Waals surface area (Å²) in [5, 5.41) is 1.16. The number of aromatic nitrogens is 1. The molecule has 0 atom stereocenters. The molecule has 1 aromatic heterocycles. The van der Waals surface area contributed by atoms with Gasteiger partial charge in [0.15, 0.2) is 0 Å². The molecule has 1 aliphatic carbocycles. The van der Waals surface area contributed by atoms with Gasteiger partial charge < -0.3 is 4.57 Å². The third-order valence-corrected chi connectivity index (χ3v) is 7.40. The van der Waals surface area contributed by atoms with Crippen LogP contribution in [-0.2, 0) is 11.3 Å². The molecule has 0 spiro atoms. The second-order valence-corrected chi connectivity index (χ2v) is 9.73. The van der Waals surface area contributed by atoms with Crippen LogP contribution in [0.5, 0.6) is 0 Å². The number of fused-ring (bicyclic) bond motifs is 1. The zero-order valence-corrected chi connectivity index (χ0v) is 18.4. The van der Waals surface area contributed by atoms with Crippen LogP contribution in [0.3, 0.4) is 0 Å². The van der Waals surface area contributed by atoms with Gasteiger partial charge in [-0.25, -0.2) is 0 Å². The van der Waals surface area contributed by atoms with Crippen molar-refractivity contribution in [1.82, 2.24) is 9.47 Å². The maximum atomic E-state index is 13.2. The number of rotatable bonds is 4. The smallest absolute Gasteiger partial charge is 0.266 e. The molecule has 0 unspecified atom stereocenters. The lowest BCUT2D eigenvalue weighted by atomic mass is 9.94. The summed E-state index contributed by atoms with van der Waals surface area (Å²) in [5.74, 6) is 0.0804. The number of carbonyl (C=O) groups is 1. The average Bonchev–Trinajstić information content (AvgIpc) is 3.26. The van der Waals surface area contributed by atoms with Crippen LogP contribution in [-0.4, -0.2) is 25.7 Å². The third-order valence-electron chi connectivity index (χ3n) is 6.07. The minimum Gasteiger partial charge on any atom is -0.342 e. The van der Waals surface area contributed by atoms with E-state index in [0.29, 0.717) is 4.32 Å². The van der Waals surface area contributed by atoms with Crippen molar-refractivity contribution in [3.63, 3.8) is 0 Å². The molecule has 0 bridgehead atoms. The van der Waals surface area contributed by atoms with Crippen LogP contribution in [0.15, 0.2) is 65.7 Å². The van der Waals surface area contributed by atoms with Crippen LogP contribution in [0.25, 0.3) is 17.0 Å². The van der Waals surface area contributed by atoms with Gasteiger partial charge in [0.05, 0.1) is 4.91 Å². The van der Waals surface area contributed by atoms with E-state index in [-0.39, 0.29) is 11.9 Å². The fraction of sp³-hybridized carbons (Fsp3) is 0.280. The van der Waals surface area contributed by atoms with Gasteiger partial charge in [-0.1, -0.05) is 91.8 Å². The van der Waals surface area contributed by atoms with Crippen LogP contribution >= 0.6 is 24.0 Å². The second kappa shape index (κ2) is 8.40. The summed E-state index contributed by atoms with van der Waals surface area (Å²) in [6.07, 6.45) is 9.96. The van der Waals surface area contributed by atoms with Gasteiger partial charge in [-0.2, -0.15) is 0 Å². The number of thioether (sulfide) groups is 1. The Balaban J connectivity index is 1.48. The molecule has 5 heteroatoms. The number of hydrogen-bond acceptors (Lipinski definition) is 3. The van der Waals surface area contributed by atoms with Crippen molar-refractivity contribution in [3.05, 3.63) is 76.8 Å². The summed E-state index contributed by atoms with van der Waals surface area (Å²) >= 11 is 7.05. The molecule has 0 N–H and O–H groups in total. The Bertz CT molecular complexity index is 1130. The van der Waals surface area contributed by atoms with Crippen molar-refractivity contribution in [2.45, 2.75) is 44.7 Å². The van der Waals surface area contributed by atoms with Crippen LogP contribution in [0.4, 0.5) is 0 Å². The predicted octanol–water partition coefficient (Wildman–Crippen LogP) is 6.22. The number of hydrogen-bond donors (Lipinski definition) is 0. The van der Waals surface area contributed by atoms with E-state index in [1.807, 2.05) is 17.0 Å². The van der Waals surface area contributed by atoms with E-state index in [9.17, 15) is 4.79 Å². The average molecular weight is 433 g/mol. The lowest BCUT2D eigenvalue weighted by Gasteiger charge is -2.29. The Morgan fingerprint density at radius 3 is 2.53 bits per heavy atom. The highest BCUT2D eigenvalue weighted by molar-refractivity contribution is 8.26. The third kappa shape index (κ3) is 3.72. The number of thiocarbonyl (C=S) groups is 1. The van der Waals surface area contributed by atoms with E-state index in [2.05, 4.69) is 59.3 Å². The van der Waals surface area contributed by atoms with Crippen LogP contribution in [0.1, 0.15) is 43.2 Å². The van der Waals surface area contributed by atoms with Gasteiger partial charge in [0, 0.05) is 35.2 Å². The molecule has 3 nitrogen and oxygen atoms in total. The number of nitrogens with zero attached hydrogens (tertiary/aromatic N) is 2. The van der Waals surface area contributed by atoms with Gasteiger partial charge in [-0.05, 0) is 30.5 Å². The van der Waals surface area contributed by atoms with Crippen LogP contribution < -0.4 is 0 Å². The lowest BCUT2D eigenvalue weighted by molar-refractivity contribution is -0.124.